The lowest BCUT2D eigenvalue weighted by Gasteiger charge is -2.44. The molecule has 1 aromatic rings. The highest BCUT2D eigenvalue weighted by Gasteiger charge is 2.49. The van der Waals surface area contributed by atoms with Crippen LogP contribution in [0.5, 0.6) is 0 Å². The third kappa shape index (κ3) is 3.01. The standard InChI is InChI=1S/C19H29N3OS/c1-15-17(24-14-20-15)12-21-11-9-19(13-21)8-5-10-22(18(19)23)16-6-3-2-4-7-16/h14,16H,2-13H2,1H3. The van der Waals surface area contributed by atoms with Gasteiger partial charge in [0.05, 0.1) is 16.6 Å². The average Bonchev–Trinajstić information content (AvgIpc) is 3.19. The molecule has 3 heterocycles. The van der Waals surface area contributed by atoms with Crippen molar-refractivity contribution >= 4 is 17.2 Å². The number of amides is 1. The van der Waals surface area contributed by atoms with E-state index in [4.69, 9.17) is 0 Å². The molecule has 5 heteroatoms. The van der Waals surface area contributed by atoms with Crippen LogP contribution >= 0.6 is 11.3 Å². The summed E-state index contributed by atoms with van der Waals surface area (Å²) in [6.07, 6.45) is 9.75. The largest absolute Gasteiger partial charge is 0.339 e. The fraction of sp³-hybridized carbons (Fsp3) is 0.789. The average molecular weight is 348 g/mol. The van der Waals surface area contributed by atoms with Crippen LogP contribution < -0.4 is 0 Å². The summed E-state index contributed by atoms with van der Waals surface area (Å²) in [7, 11) is 0. The first-order valence-electron chi connectivity index (χ1n) is 9.60. The minimum absolute atomic E-state index is 0.0890. The van der Waals surface area contributed by atoms with E-state index in [0.717, 1.165) is 44.7 Å². The molecule has 4 rings (SSSR count). The number of thiazole rings is 1. The molecule has 1 saturated carbocycles. The highest BCUT2D eigenvalue weighted by molar-refractivity contribution is 7.09. The second-order valence-corrected chi connectivity index (χ2v) is 8.94. The minimum Gasteiger partial charge on any atom is -0.339 e. The van der Waals surface area contributed by atoms with Crippen LogP contribution in [0.25, 0.3) is 0 Å². The minimum atomic E-state index is -0.0890. The Morgan fingerprint density at radius 1 is 1.21 bits per heavy atom. The fourth-order valence-electron chi connectivity index (χ4n) is 4.99. The van der Waals surface area contributed by atoms with Gasteiger partial charge in [-0.15, -0.1) is 11.3 Å². The van der Waals surface area contributed by atoms with Crippen molar-refractivity contribution in [3.63, 3.8) is 0 Å². The first-order valence-corrected chi connectivity index (χ1v) is 10.5. The van der Waals surface area contributed by atoms with E-state index in [9.17, 15) is 4.79 Å². The van der Waals surface area contributed by atoms with Crippen LogP contribution in [0.15, 0.2) is 5.51 Å². The third-order valence-corrected chi connectivity index (χ3v) is 7.35. The van der Waals surface area contributed by atoms with Gasteiger partial charge in [0.15, 0.2) is 0 Å². The van der Waals surface area contributed by atoms with Gasteiger partial charge in [-0.25, -0.2) is 4.98 Å². The number of carbonyl (C=O) groups is 1. The summed E-state index contributed by atoms with van der Waals surface area (Å²) in [5.41, 5.74) is 3.00. The Morgan fingerprint density at radius 2 is 2.04 bits per heavy atom. The molecular formula is C19H29N3OS. The zero-order valence-corrected chi connectivity index (χ0v) is 15.6. The lowest BCUT2D eigenvalue weighted by atomic mass is 9.77. The molecule has 1 aliphatic carbocycles. The van der Waals surface area contributed by atoms with Gasteiger partial charge in [-0.3, -0.25) is 9.69 Å². The summed E-state index contributed by atoms with van der Waals surface area (Å²) in [5.74, 6) is 0.476. The van der Waals surface area contributed by atoms with Crippen molar-refractivity contribution in [2.75, 3.05) is 19.6 Å². The van der Waals surface area contributed by atoms with Gasteiger partial charge in [-0.1, -0.05) is 19.3 Å². The highest BCUT2D eigenvalue weighted by Crippen LogP contribution is 2.42. The molecule has 1 unspecified atom stereocenters. The van der Waals surface area contributed by atoms with Crippen molar-refractivity contribution in [1.82, 2.24) is 14.8 Å². The van der Waals surface area contributed by atoms with E-state index in [1.165, 1.54) is 43.4 Å². The number of carbonyl (C=O) groups excluding carboxylic acids is 1. The number of hydrogen-bond donors (Lipinski definition) is 0. The molecule has 4 nitrogen and oxygen atoms in total. The number of hydrogen-bond acceptors (Lipinski definition) is 4. The molecule has 1 aromatic heterocycles. The predicted octanol–water partition coefficient (Wildman–Crippen LogP) is 3.60. The number of likely N-dealkylation sites (tertiary alicyclic amines) is 2. The summed E-state index contributed by atoms with van der Waals surface area (Å²) >= 11 is 1.75. The first kappa shape index (κ1) is 16.5. The van der Waals surface area contributed by atoms with Gasteiger partial charge in [0.1, 0.15) is 0 Å². The summed E-state index contributed by atoms with van der Waals surface area (Å²) in [6.45, 7) is 6.07. The zero-order valence-electron chi connectivity index (χ0n) is 14.8. The van der Waals surface area contributed by atoms with Crippen LogP contribution in [-0.2, 0) is 11.3 Å². The van der Waals surface area contributed by atoms with Crippen molar-refractivity contribution in [3.8, 4) is 0 Å². The summed E-state index contributed by atoms with van der Waals surface area (Å²) in [6, 6.07) is 0.529. The first-order chi connectivity index (χ1) is 11.7. The molecule has 1 amide bonds. The lowest BCUT2D eigenvalue weighted by molar-refractivity contribution is -0.149. The maximum atomic E-state index is 13.4. The Labute approximate surface area is 149 Å². The van der Waals surface area contributed by atoms with Crippen LogP contribution in [0.3, 0.4) is 0 Å². The van der Waals surface area contributed by atoms with Gasteiger partial charge >= 0.3 is 0 Å². The van der Waals surface area contributed by atoms with Crippen LogP contribution in [0.4, 0.5) is 0 Å². The molecule has 3 aliphatic rings. The topological polar surface area (TPSA) is 36.4 Å². The molecule has 1 atom stereocenters. The predicted molar refractivity (Wildman–Crippen MR) is 97.0 cm³/mol. The maximum Gasteiger partial charge on any atom is 0.230 e. The van der Waals surface area contributed by atoms with E-state index >= 15 is 0 Å². The second-order valence-electron chi connectivity index (χ2n) is 8.00. The number of aromatic nitrogens is 1. The van der Waals surface area contributed by atoms with Crippen LogP contribution in [0.1, 0.15) is 61.9 Å². The van der Waals surface area contributed by atoms with Gasteiger partial charge in [0, 0.05) is 30.6 Å². The van der Waals surface area contributed by atoms with Crippen molar-refractivity contribution in [3.05, 3.63) is 16.1 Å². The molecule has 1 spiro atoms. The SMILES string of the molecule is Cc1ncsc1CN1CCC2(CCCN(C3CCCCC3)C2=O)C1. The Bertz CT molecular complexity index is 595. The molecule has 3 fully saturated rings. The maximum absolute atomic E-state index is 13.4. The van der Waals surface area contributed by atoms with Crippen molar-refractivity contribution < 1.29 is 4.79 Å². The molecular weight excluding hydrogens is 318 g/mol. The van der Waals surface area contributed by atoms with E-state index in [1.54, 1.807) is 11.3 Å². The monoisotopic (exact) mass is 347 g/mol. The van der Waals surface area contributed by atoms with Crippen LogP contribution in [0, 0.1) is 12.3 Å². The van der Waals surface area contributed by atoms with Gasteiger partial charge in [-0.2, -0.15) is 0 Å². The quantitative estimate of drug-likeness (QED) is 0.838. The lowest BCUT2D eigenvalue weighted by Crippen LogP contribution is -2.54. The number of aryl methyl sites for hydroxylation is 1. The molecule has 24 heavy (non-hydrogen) atoms. The Kier molecular flexibility index (Phi) is 4.65. The van der Waals surface area contributed by atoms with Gasteiger partial charge in [0.25, 0.3) is 0 Å². The van der Waals surface area contributed by atoms with Crippen molar-refractivity contribution in [2.24, 2.45) is 5.41 Å². The Morgan fingerprint density at radius 3 is 2.79 bits per heavy atom. The van der Waals surface area contributed by atoms with Crippen LogP contribution in [-0.4, -0.2) is 46.4 Å². The zero-order chi connectivity index (χ0) is 16.6. The van der Waals surface area contributed by atoms with Gasteiger partial charge in [0.2, 0.25) is 5.91 Å². The van der Waals surface area contributed by atoms with E-state index in [1.807, 2.05) is 5.51 Å². The van der Waals surface area contributed by atoms with E-state index in [-0.39, 0.29) is 5.41 Å². The summed E-state index contributed by atoms with van der Waals surface area (Å²) in [5, 5.41) is 0. The second kappa shape index (κ2) is 6.75. The molecule has 0 aromatic carbocycles. The molecule has 0 bridgehead atoms. The Hall–Kier alpha value is -0.940. The Balaban J connectivity index is 1.44. The molecule has 0 radical (unpaired) electrons. The smallest absolute Gasteiger partial charge is 0.230 e. The van der Waals surface area contributed by atoms with E-state index < -0.39 is 0 Å². The fourth-order valence-corrected chi connectivity index (χ4v) is 5.81. The summed E-state index contributed by atoms with van der Waals surface area (Å²) < 4.78 is 0. The number of rotatable bonds is 3. The van der Waals surface area contributed by atoms with Crippen LogP contribution in [0.2, 0.25) is 0 Å². The normalized spacial score (nSPS) is 29.7. The summed E-state index contributed by atoms with van der Waals surface area (Å²) in [4.78, 5) is 23.9. The van der Waals surface area contributed by atoms with Gasteiger partial charge in [-0.05, 0) is 45.6 Å². The molecule has 2 aliphatic heterocycles. The third-order valence-electron chi connectivity index (χ3n) is 6.43. The van der Waals surface area contributed by atoms with Crippen molar-refractivity contribution in [2.45, 2.75) is 70.9 Å². The molecule has 0 N–H and O–H groups in total. The van der Waals surface area contributed by atoms with E-state index in [0.29, 0.717) is 11.9 Å². The van der Waals surface area contributed by atoms with Gasteiger partial charge < -0.3 is 4.90 Å². The highest BCUT2D eigenvalue weighted by atomic mass is 32.1. The number of nitrogens with zero attached hydrogens (tertiary/aromatic N) is 3. The van der Waals surface area contributed by atoms with Crippen molar-refractivity contribution in [1.29, 1.82) is 0 Å². The molecule has 2 saturated heterocycles. The van der Waals surface area contributed by atoms with E-state index in [2.05, 4.69) is 21.7 Å². The number of piperidine rings is 1. The molecule has 132 valence electrons.